The minimum absolute atomic E-state index is 0.104. The quantitative estimate of drug-likeness (QED) is 0.828. The molecule has 2 aromatic heterocycles. The van der Waals surface area contributed by atoms with Crippen molar-refractivity contribution >= 4 is 5.91 Å². The zero-order valence-corrected chi connectivity index (χ0v) is 15.7. The second kappa shape index (κ2) is 7.39. The summed E-state index contributed by atoms with van der Waals surface area (Å²) < 4.78 is 3.86. The molecular weight excluding hydrogens is 316 g/mol. The Morgan fingerprint density at radius 3 is 2.40 bits per heavy atom. The first-order valence-electron chi connectivity index (χ1n) is 9.10. The highest BCUT2D eigenvalue weighted by atomic mass is 16.2. The summed E-state index contributed by atoms with van der Waals surface area (Å²) in [5, 5.41) is 8.80. The van der Waals surface area contributed by atoms with Crippen LogP contribution in [0.25, 0.3) is 0 Å². The smallest absolute Gasteiger partial charge is 0.257 e. The average molecular weight is 344 g/mol. The molecule has 1 amide bonds. The maximum Gasteiger partial charge on any atom is 0.257 e. The Labute approximate surface area is 149 Å². The van der Waals surface area contributed by atoms with Gasteiger partial charge >= 0.3 is 0 Å². The van der Waals surface area contributed by atoms with Crippen LogP contribution in [0.4, 0.5) is 0 Å². The summed E-state index contributed by atoms with van der Waals surface area (Å²) in [7, 11) is 0. The van der Waals surface area contributed by atoms with Crippen molar-refractivity contribution in [2.24, 2.45) is 0 Å². The number of piperazine rings is 1. The summed E-state index contributed by atoms with van der Waals surface area (Å²) in [4.78, 5) is 17.1. The van der Waals surface area contributed by atoms with Crippen molar-refractivity contribution in [3.05, 3.63) is 34.9 Å². The lowest BCUT2D eigenvalue weighted by Gasteiger charge is -2.34. The third-order valence-electron chi connectivity index (χ3n) is 5.06. The molecule has 0 radical (unpaired) electrons. The average Bonchev–Trinajstić information content (AvgIpc) is 3.17. The first-order valence-corrected chi connectivity index (χ1v) is 9.10. The second-order valence-corrected chi connectivity index (χ2v) is 6.62. The van der Waals surface area contributed by atoms with E-state index in [-0.39, 0.29) is 5.91 Å². The van der Waals surface area contributed by atoms with Crippen LogP contribution in [-0.4, -0.2) is 61.4 Å². The Kier molecular flexibility index (Phi) is 5.22. The van der Waals surface area contributed by atoms with E-state index in [2.05, 4.69) is 35.1 Å². The molecule has 7 heteroatoms. The highest BCUT2D eigenvalue weighted by Crippen LogP contribution is 2.15. The minimum Gasteiger partial charge on any atom is -0.336 e. The molecule has 0 atom stereocenters. The number of rotatable bonds is 5. The molecule has 0 bridgehead atoms. The van der Waals surface area contributed by atoms with Crippen LogP contribution in [0.15, 0.2) is 12.4 Å². The van der Waals surface area contributed by atoms with Crippen LogP contribution in [0.2, 0.25) is 0 Å². The molecule has 1 saturated heterocycles. The molecule has 0 N–H and O–H groups in total. The van der Waals surface area contributed by atoms with Crippen LogP contribution in [0.5, 0.6) is 0 Å². The SMILES string of the molecule is CCn1cc(CN2CCN(C(=O)c3cnn(CC)c3C)CC2)c(C)n1. The van der Waals surface area contributed by atoms with Crippen molar-refractivity contribution in [1.29, 1.82) is 0 Å². The zero-order valence-electron chi connectivity index (χ0n) is 15.7. The molecule has 0 spiro atoms. The molecule has 1 aliphatic rings. The molecular formula is C18H28N6O. The normalized spacial score (nSPS) is 15.8. The standard InChI is InChI=1S/C18H28N6O/c1-5-23-13-16(14(3)20-23)12-21-7-9-22(10-8-21)18(25)17-11-19-24(6-2)15(17)4/h11,13H,5-10,12H2,1-4H3. The van der Waals surface area contributed by atoms with Gasteiger partial charge in [0.05, 0.1) is 17.5 Å². The first kappa shape index (κ1) is 17.7. The molecule has 2 aromatic rings. The van der Waals surface area contributed by atoms with E-state index < -0.39 is 0 Å². The number of hydrogen-bond acceptors (Lipinski definition) is 4. The lowest BCUT2D eigenvalue weighted by atomic mass is 10.2. The van der Waals surface area contributed by atoms with Crippen LogP contribution in [0, 0.1) is 13.8 Å². The number of aryl methyl sites for hydroxylation is 3. The molecule has 7 nitrogen and oxygen atoms in total. The van der Waals surface area contributed by atoms with Crippen LogP contribution < -0.4 is 0 Å². The van der Waals surface area contributed by atoms with Crippen LogP contribution in [-0.2, 0) is 19.6 Å². The van der Waals surface area contributed by atoms with Crippen molar-refractivity contribution in [2.75, 3.05) is 26.2 Å². The maximum atomic E-state index is 12.8. The number of amides is 1. The number of hydrogen-bond donors (Lipinski definition) is 0. The van der Waals surface area contributed by atoms with Gasteiger partial charge in [-0.15, -0.1) is 0 Å². The Balaban J connectivity index is 1.58. The Bertz CT molecular complexity index is 739. The predicted octanol–water partition coefficient (Wildman–Crippen LogP) is 1.69. The van der Waals surface area contributed by atoms with Gasteiger partial charge in [0.2, 0.25) is 0 Å². The van der Waals surface area contributed by atoms with E-state index >= 15 is 0 Å². The molecule has 0 aromatic carbocycles. The fraction of sp³-hybridized carbons (Fsp3) is 0.611. The van der Waals surface area contributed by atoms with Gasteiger partial charge in [0.1, 0.15) is 0 Å². The van der Waals surface area contributed by atoms with E-state index in [1.807, 2.05) is 28.1 Å². The summed E-state index contributed by atoms with van der Waals surface area (Å²) in [6.45, 7) is 14.1. The lowest BCUT2D eigenvalue weighted by molar-refractivity contribution is 0.0627. The number of aromatic nitrogens is 4. The molecule has 1 fully saturated rings. The van der Waals surface area contributed by atoms with Gasteiger partial charge in [-0.2, -0.15) is 10.2 Å². The maximum absolute atomic E-state index is 12.8. The molecule has 0 unspecified atom stereocenters. The predicted molar refractivity (Wildman–Crippen MR) is 96.5 cm³/mol. The van der Waals surface area contributed by atoms with Crippen molar-refractivity contribution in [3.8, 4) is 0 Å². The molecule has 136 valence electrons. The summed E-state index contributed by atoms with van der Waals surface area (Å²) in [5.74, 6) is 0.104. The lowest BCUT2D eigenvalue weighted by Crippen LogP contribution is -2.48. The summed E-state index contributed by atoms with van der Waals surface area (Å²) in [5.41, 5.74) is 4.07. The van der Waals surface area contributed by atoms with Crippen molar-refractivity contribution in [3.63, 3.8) is 0 Å². The van der Waals surface area contributed by atoms with Gasteiger partial charge in [-0.05, 0) is 27.7 Å². The monoisotopic (exact) mass is 344 g/mol. The van der Waals surface area contributed by atoms with E-state index in [1.54, 1.807) is 6.20 Å². The summed E-state index contributed by atoms with van der Waals surface area (Å²) in [6.07, 6.45) is 3.84. The third-order valence-corrected chi connectivity index (χ3v) is 5.06. The van der Waals surface area contributed by atoms with Crippen molar-refractivity contribution < 1.29 is 4.79 Å². The fourth-order valence-electron chi connectivity index (χ4n) is 3.37. The Hall–Kier alpha value is -2.15. The van der Waals surface area contributed by atoms with Crippen molar-refractivity contribution in [1.82, 2.24) is 29.4 Å². The zero-order chi connectivity index (χ0) is 18.0. The van der Waals surface area contributed by atoms with Crippen molar-refractivity contribution in [2.45, 2.75) is 47.3 Å². The minimum atomic E-state index is 0.104. The highest BCUT2D eigenvalue weighted by molar-refractivity contribution is 5.95. The number of carbonyl (C=O) groups is 1. The fourth-order valence-corrected chi connectivity index (χ4v) is 3.37. The van der Waals surface area contributed by atoms with Crippen LogP contribution >= 0.6 is 0 Å². The second-order valence-electron chi connectivity index (χ2n) is 6.62. The summed E-state index contributed by atoms with van der Waals surface area (Å²) >= 11 is 0. The number of nitrogens with zero attached hydrogens (tertiary/aromatic N) is 6. The van der Waals surface area contributed by atoms with E-state index in [9.17, 15) is 4.79 Å². The molecule has 0 saturated carbocycles. The molecule has 1 aliphatic heterocycles. The van der Waals surface area contributed by atoms with E-state index in [0.717, 1.165) is 62.8 Å². The van der Waals surface area contributed by atoms with Gasteiger partial charge < -0.3 is 4.90 Å². The van der Waals surface area contributed by atoms with Gasteiger partial charge in [0.25, 0.3) is 5.91 Å². The van der Waals surface area contributed by atoms with Gasteiger partial charge in [-0.1, -0.05) is 0 Å². The molecule has 3 heterocycles. The topological polar surface area (TPSA) is 59.2 Å². The first-order chi connectivity index (χ1) is 12.0. The van der Waals surface area contributed by atoms with Gasteiger partial charge in [0, 0.05) is 63.3 Å². The molecule has 0 aliphatic carbocycles. The van der Waals surface area contributed by atoms with E-state index in [4.69, 9.17) is 0 Å². The Morgan fingerprint density at radius 1 is 1.12 bits per heavy atom. The summed E-state index contributed by atoms with van der Waals surface area (Å²) in [6, 6.07) is 0. The Morgan fingerprint density at radius 2 is 1.84 bits per heavy atom. The highest BCUT2D eigenvalue weighted by Gasteiger charge is 2.25. The van der Waals surface area contributed by atoms with Crippen LogP contribution in [0.3, 0.4) is 0 Å². The third kappa shape index (κ3) is 3.61. The molecule has 3 rings (SSSR count). The molecule has 25 heavy (non-hydrogen) atoms. The van der Waals surface area contributed by atoms with Gasteiger partial charge in [-0.25, -0.2) is 0 Å². The van der Waals surface area contributed by atoms with Crippen LogP contribution in [0.1, 0.15) is 41.2 Å². The van der Waals surface area contributed by atoms with E-state index in [0.29, 0.717) is 0 Å². The van der Waals surface area contributed by atoms with Gasteiger partial charge in [0.15, 0.2) is 0 Å². The largest absolute Gasteiger partial charge is 0.336 e. The van der Waals surface area contributed by atoms with Gasteiger partial charge in [-0.3, -0.25) is 19.1 Å². The number of carbonyl (C=O) groups excluding carboxylic acids is 1. The van der Waals surface area contributed by atoms with E-state index in [1.165, 1.54) is 5.56 Å².